The van der Waals surface area contributed by atoms with Crippen molar-refractivity contribution in [1.82, 2.24) is 25.1 Å². The summed E-state index contributed by atoms with van der Waals surface area (Å²) in [4.78, 5) is 14.0. The minimum atomic E-state index is -0.220. The normalized spacial score (nSPS) is 19.8. The molecule has 2 heterocycles. The van der Waals surface area contributed by atoms with Gasteiger partial charge in [0.2, 0.25) is 5.91 Å². The molecule has 2 aliphatic rings. The third-order valence-corrected chi connectivity index (χ3v) is 6.71. The molecule has 1 aromatic heterocycles. The first-order chi connectivity index (χ1) is 15.1. The number of amides is 1. The Balaban J connectivity index is 1.75. The first kappa shape index (κ1) is 21.5. The zero-order chi connectivity index (χ0) is 21.8. The van der Waals surface area contributed by atoms with Crippen molar-refractivity contribution < 1.29 is 14.3 Å². The number of nitrogens with zero attached hydrogens (tertiary/aromatic N) is 5. The second kappa shape index (κ2) is 9.64. The van der Waals surface area contributed by atoms with E-state index < -0.39 is 0 Å². The molecule has 1 saturated carbocycles. The van der Waals surface area contributed by atoms with Crippen LogP contribution >= 0.6 is 0 Å². The standard InChI is InChI=1S/C22H32N6O3/c1-30-17-8-9-19(31-2)18(14-17)20(27-12-10-15(11-13-27)21(23)29)22-24-25-26-28(22)16-6-4-3-5-7-16/h8-9,14-16,20H,3-7,10-13H2,1-2H3,(H2,23,29). The molecule has 1 aromatic carbocycles. The van der Waals surface area contributed by atoms with E-state index in [4.69, 9.17) is 15.2 Å². The van der Waals surface area contributed by atoms with Crippen LogP contribution in [-0.4, -0.2) is 58.3 Å². The number of hydrogen-bond donors (Lipinski definition) is 1. The number of aromatic nitrogens is 4. The van der Waals surface area contributed by atoms with E-state index in [2.05, 4.69) is 20.4 Å². The summed E-state index contributed by atoms with van der Waals surface area (Å²) in [6.07, 6.45) is 7.28. The van der Waals surface area contributed by atoms with Gasteiger partial charge in [0.05, 0.1) is 20.3 Å². The van der Waals surface area contributed by atoms with Gasteiger partial charge < -0.3 is 15.2 Å². The van der Waals surface area contributed by atoms with E-state index >= 15 is 0 Å². The molecule has 0 bridgehead atoms. The lowest BCUT2D eigenvalue weighted by Crippen LogP contribution is -2.42. The van der Waals surface area contributed by atoms with Gasteiger partial charge in [0.25, 0.3) is 0 Å². The van der Waals surface area contributed by atoms with Crippen molar-refractivity contribution in [2.24, 2.45) is 11.7 Å². The van der Waals surface area contributed by atoms with Crippen molar-refractivity contribution in [2.75, 3.05) is 27.3 Å². The molecule has 1 aliphatic heterocycles. The third-order valence-electron chi connectivity index (χ3n) is 6.71. The second-order valence-electron chi connectivity index (χ2n) is 8.50. The van der Waals surface area contributed by atoms with Crippen LogP contribution in [0.15, 0.2) is 18.2 Å². The van der Waals surface area contributed by atoms with Crippen LogP contribution in [0.5, 0.6) is 11.5 Å². The smallest absolute Gasteiger partial charge is 0.220 e. The molecule has 1 unspecified atom stereocenters. The van der Waals surface area contributed by atoms with Gasteiger partial charge in [0.1, 0.15) is 17.5 Å². The SMILES string of the molecule is COc1ccc(OC)c(C(c2nnnn2C2CCCCC2)N2CCC(C(N)=O)CC2)c1. The van der Waals surface area contributed by atoms with Gasteiger partial charge in [-0.1, -0.05) is 19.3 Å². The fourth-order valence-electron chi connectivity index (χ4n) is 4.96. The highest BCUT2D eigenvalue weighted by Crippen LogP contribution is 2.39. The Kier molecular flexibility index (Phi) is 6.70. The fraction of sp³-hybridized carbons (Fsp3) is 0.636. The topological polar surface area (TPSA) is 108 Å². The molecule has 0 radical (unpaired) electrons. The summed E-state index contributed by atoms with van der Waals surface area (Å²) in [7, 11) is 3.33. The zero-order valence-corrected chi connectivity index (χ0v) is 18.4. The van der Waals surface area contributed by atoms with E-state index in [1.54, 1.807) is 14.2 Å². The molecule has 1 atom stereocenters. The molecular formula is C22H32N6O3. The highest BCUT2D eigenvalue weighted by atomic mass is 16.5. The van der Waals surface area contributed by atoms with Gasteiger partial charge in [0.15, 0.2) is 5.82 Å². The number of ether oxygens (including phenoxy) is 2. The molecule has 2 fully saturated rings. The van der Waals surface area contributed by atoms with Gasteiger partial charge >= 0.3 is 0 Å². The second-order valence-corrected chi connectivity index (χ2v) is 8.50. The largest absolute Gasteiger partial charge is 0.497 e. The number of tetrazole rings is 1. The van der Waals surface area contributed by atoms with Crippen molar-refractivity contribution in [2.45, 2.75) is 57.0 Å². The molecular weight excluding hydrogens is 396 g/mol. The maximum Gasteiger partial charge on any atom is 0.220 e. The van der Waals surface area contributed by atoms with E-state index in [-0.39, 0.29) is 17.9 Å². The number of carbonyl (C=O) groups excluding carboxylic acids is 1. The summed E-state index contributed by atoms with van der Waals surface area (Å²) >= 11 is 0. The van der Waals surface area contributed by atoms with Crippen LogP contribution in [0.2, 0.25) is 0 Å². The Morgan fingerprint density at radius 2 is 1.84 bits per heavy atom. The molecule has 2 aromatic rings. The van der Waals surface area contributed by atoms with E-state index in [0.717, 1.165) is 61.7 Å². The highest BCUT2D eigenvalue weighted by molar-refractivity contribution is 5.76. The lowest BCUT2D eigenvalue weighted by atomic mass is 9.92. The van der Waals surface area contributed by atoms with E-state index in [0.29, 0.717) is 6.04 Å². The van der Waals surface area contributed by atoms with Crippen molar-refractivity contribution in [1.29, 1.82) is 0 Å². The predicted octanol–water partition coefficient (Wildman–Crippen LogP) is 2.48. The summed E-state index contributed by atoms with van der Waals surface area (Å²) in [5.74, 6) is 2.03. The van der Waals surface area contributed by atoms with E-state index in [1.807, 2.05) is 22.9 Å². The van der Waals surface area contributed by atoms with Gasteiger partial charge in [0, 0.05) is 11.5 Å². The summed E-state index contributed by atoms with van der Waals surface area (Å²) in [6, 6.07) is 5.93. The van der Waals surface area contributed by atoms with Crippen molar-refractivity contribution >= 4 is 5.91 Å². The number of nitrogens with two attached hydrogens (primary N) is 1. The molecule has 0 spiro atoms. The van der Waals surface area contributed by atoms with Crippen LogP contribution < -0.4 is 15.2 Å². The van der Waals surface area contributed by atoms with Crippen LogP contribution in [0.25, 0.3) is 0 Å². The quantitative estimate of drug-likeness (QED) is 0.722. The maximum atomic E-state index is 11.7. The van der Waals surface area contributed by atoms with Gasteiger partial charge in [-0.3, -0.25) is 9.69 Å². The number of primary amides is 1. The molecule has 4 rings (SSSR count). The lowest BCUT2D eigenvalue weighted by molar-refractivity contribution is -0.123. The van der Waals surface area contributed by atoms with Gasteiger partial charge in [-0.05, 0) is 67.4 Å². The van der Waals surface area contributed by atoms with Gasteiger partial charge in [-0.25, -0.2) is 4.68 Å². The van der Waals surface area contributed by atoms with Crippen molar-refractivity contribution in [3.05, 3.63) is 29.6 Å². The zero-order valence-electron chi connectivity index (χ0n) is 18.4. The number of methoxy groups -OCH3 is 2. The van der Waals surface area contributed by atoms with E-state index in [9.17, 15) is 4.79 Å². The van der Waals surface area contributed by atoms with Crippen LogP contribution in [0.4, 0.5) is 0 Å². The van der Waals surface area contributed by atoms with Crippen LogP contribution in [0.1, 0.15) is 68.4 Å². The molecule has 9 heteroatoms. The van der Waals surface area contributed by atoms with Crippen LogP contribution in [-0.2, 0) is 4.79 Å². The molecule has 1 aliphatic carbocycles. The maximum absolute atomic E-state index is 11.7. The average molecular weight is 429 g/mol. The molecule has 1 amide bonds. The molecule has 31 heavy (non-hydrogen) atoms. The summed E-state index contributed by atoms with van der Waals surface area (Å²) in [5, 5.41) is 13.0. The number of hydrogen-bond acceptors (Lipinski definition) is 7. The number of benzene rings is 1. The Morgan fingerprint density at radius 1 is 1.10 bits per heavy atom. The first-order valence-electron chi connectivity index (χ1n) is 11.2. The molecule has 1 saturated heterocycles. The number of carbonyl (C=O) groups is 1. The predicted molar refractivity (Wildman–Crippen MR) is 115 cm³/mol. The van der Waals surface area contributed by atoms with E-state index in [1.165, 1.54) is 19.3 Å². The Bertz CT molecular complexity index is 887. The minimum Gasteiger partial charge on any atom is -0.497 e. The number of piperidine rings is 1. The Labute approximate surface area is 182 Å². The van der Waals surface area contributed by atoms with Crippen LogP contribution in [0, 0.1) is 5.92 Å². The molecule has 2 N–H and O–H groups in total. The van der Waals surface area contributed by atoms with Gasteiger partial charge in [-0.15, -0.1) is 5.10 Å². The van der Waals surface area contributed by atoms with Crippen molar-refractivity contribution in [3.8, 4) is 11.5 Å². The number of rotatable bonds is 7. The molecule has 168 valence electrons. The fourth-order valence-corrected chi connectivity index (χ4v) is 4.96. The van der Waals surface area contributed by atoms with Gasteiger partial charge in [-0.2, -0.15) is 0 Å². The summed E-state index contributed by atoms with van der Waals surface area (Å²) < 4.78 is 13.3. The Hall–Kier alpha value is -2.68. The Morgan fingerprint density at radius 3 is 2.48 bits per heavy atom. The molecule has 9 nitrogen and oxygen atoms in total. The highest BCUT2D eigenvalue weighted by Gasteiger charge is 2.35. The third kappa shape index (κ3) is 4.51. The van der Waals surface area contributed by atoms with Crippen LogP contribution in [0.3, 0.4) is 0 Å². The number of likely N-dealkylation sites (tertiary alicyclic amines) is 1. The van der Waals surface area contributed by atoms with Crippen molar-refractivity contribution in [3.63, 3.8) is 0 Å². The summed E-state index contributed by atoms with van der Waals surface area (Å²) in [5.41, 5.74) is 6.53. The summed E-state index contributed by atoms with van der Waals surface area (Å²) in [6.45, 7) is 1.46. The first-order valence-corrected chi connectivity index (χ1v) is 11.2. The monoisotopic (exact) mass is 428 g/mol. The average Bonchev–Trinajstić information content (AvgIpc) is 3.29. The minimum absolute atomic E-state index is 0.0848. The lowest BCUT2D eigenvalue weighted by Gasteiger charge is -2.37.